The molecule has 2 aromatic heterocycles. The van der Waals surface area contributed by atoms with Gasteiger partial charge in [-0.05, 0) is 6.42 Å². The summed E-state index contributed by atoms with van der Waals surface area (Å²) in [7, 11) is 0. The molecule has 88 valence electrons. The van der Waals surface area contributed by atoms with Crippen molar-refractivity contribution in [2.45, 2.75) is 19.8 Å². The monoisotopic (exact) mass is 231 g/mol. The van der Waals surface area contributed by atoms with Crippen molar-refractivity contribution in [3.05, 3.63) is 31.1 Å². The summed E-state index contributed by atoms with van der Waals surface area (Å²) in [5.74, 6) is 0.502. The van der Waals surface area contributed by atoms with Crippen LogP contribution in [0.3, 0.4) is 0 Å². The van der Waals surface area contributed by atoms with Crippen LogP contribution in [0.1, 0.15) is 19.8 Å². The lowest BCUT2D eigenvalue weighted by molar-refractivity contribution is -0.116. The molecule has 17 heavy (non-hydrogen) atoms. The quantitative estimate of drug-likeness (QED) is 0.863. The van der Waals surface area contributed by atoms with E-state index in [1.807, 2.05) is 6.92 Å². The fourth-order valence-corrected chi connectivity index (χ4v) is 1.35. The first-order valence-corrected chi connectivity index (χ1v) is 5.40. The average molecular weight is 231 g/mol. The molecule has 6 nitrogen and oxygen atoms in total. The Kier molecular flexibility index (Phi) is 3.44. The molecule has 0 saturated carbocycles. The Morgan fingerprint density at radius 1 is 1.41 bits per heavy atom. The van der Waals surface area contributed by atoms with Gasteiger partial charge in [-0.3, -0.25) is 9.36 Å². The van der Waals surface area contributed by atoms with E-state index in [0.29, 0.717) is 18.1 Å². The molecule has 0 aliphatic heterocycles. The minimum absolute atomic E-state index is 0.0218. The third-order valence-corrected chi connectivity index (χ3v) is 2.13. The number of carbonyl (C=O) groups excluding carboxylic acids is 1. The van der Waals surface area contributed by atoms with Gasteiger partial charge in [0.25, 0.3) is 0 Å². The summed E-state index contributed by atoms with van der Waals surface area (Å²) in [6.07, 6.45) is 9.50. The molecule has 2 aromatic rings. The zero-order valence-electron chi connectivity index (χ0n) is 9.50. The van der Waals surface area contributed by atoms with Crippen molar-refractivity contribution >= 4 is 11.6 Å². The van der Waals surface area contributed by atoms with E-state index < -0.39 is 0 Å². The van der Waals surface area contributed by atoms with Crippen LogP contribution < -0.4 is 5.32 Å². The smallest absolute Gasteiger partial charge is 0.234 e. The van der Waals surface area contributed by atoms with Crippen molar-refractivity contribution in [1.82, 2.24) is 19.5 Å². The third-order valence-electron chi connectivity index (χ3n) is 2.13. The SMILES string of the molecule is CCCC(=O)Nc1cnc(-n2ccnc2)nc1. The fourth-order valence-electron chi connectivity index (χ4n) is 1.35. The molecule has 1 N–H and O–H groups in total. The van der Waals surface area contributed by atoms with Crippen LogP contribution in [-0.2, 0) is 4.79 Å². The van der Waals surface area contributed by atoms with Gasteiger partial charge in [-0.2, -0.15) is 0 Å². The third kappa shape index (κ3) is 2.87. The summed E-state index contributed by atoms with van der Waals surface area (Å²) in [4.78, 5) is 23.5. The number of hydrogen-bond donors (Lipinski definition) is 1. The standard InChI is InChI=1S/C11H13N5O/c1-2-3-10(17)15-9-6-13-11(14-7-9)16-5-4-12-8-16/h4-8H,2-3H2,1H3,(H,15,17). The Labute approximate surface area is 98.7 Å². The van der Waals surface area contributed by atoms with E-state index in [1.54, 1.807) is 35.7 Å². The maximum absolute atomic E-state index is 11.3. The zero-order chi connectivity index (χ0) is 12.1. The molecule has 0 aliphatic rings. The van der Waals surface area contributed by atoms with E-state index in [4.69, 9.17) is 0 Å². The summed E-state index contributed by atoms with van der Waals surface area (Å²) >= 11 is 0. The highest BCUT2D eigenvalue weighted by molar-refractivity contribution is 5.90. The lowest BCUT2D eigenvalue weighted by atomic mass is 10.3. The summed E-state index contributed by atoms with van der Waals surface area (Å²) in [5, 5.41) is 2.73. The van der Waals surface area contributed by atoms with E-state index in [9.17, 15) is 4.79 Å². The first kappa shape index (κ1) is 11.3. The number of carbonyl (C=O) groups is 1. The summed E-state index contributed by atoms with van der Waals surface area (Å²) in [5.41, 5.74) is 0.604. The van der Waals surface area contributed by atoms with Gasteiger partial charge in [0.05, 0.1) is 18.1 Å². The maximum atomic E-state index is 11.3. The van der Waals surface area contributed by atoms with Crippen LogP contribution in [0.25, 0.3) is 5.95 Å². The summed E-state index contributed by atoms with van der Waals surface area (Å²) in [6.45, 7) is 1.96. The average Bonchev–Trinajstić information content (AvgIpc) is 2.84. The molecule has 0 saturated heterocycles. The summed E-state index contributed by atoms with van der Waals surface area (Å²) in [6, 6.07) is 0. The van der Waals surface area contributed by atoms with Crippen molar-refractivity contribution in [1.29, 1.82) is 0 Å². The van der Waals surface area contributed by atoms with Gasteiger partial charge in [0.2, 0.25) is 11.9 Å². The number of rotatable bonds is 4. The molecule has 2 heterocycles. The molecule has 1 amide bonds. The highest BCUT2D eigenvalue weighted by atomic mass is 16.1. The fraction of sp³-hybridized carbons (Fsp3) is 0.273. The highest BCUT2D eigenvalue weighted by Crippen LogP contribution is 2.06. The number of hydrogen-bond acceptors (Lipinski definition) is 4. The van der Waals surface area contributed by atoms with Gasteiger partial charge in [0.15, 0.2) is 0 Å². The Balaban J connectivity index is 2.06. The van der Waals surface area contributed by atoms with Gasteiger partial charge in [0, 0.05) is 18.8 Å². The Morgan fingerprint density at radius 3 is 2.76 bits per heavy atom. The van der Waals surface area contributed by atoms with Crippen LogP contribution in [0.5, 0.6) is 0 Å². The van der Waals surface area contributed by atoms with E-state index >= 15 is 0 Å². The molecule has 6 heteroatoms. The van der Waals surface area contributed by atoms with Crippen molar-refractivity contribution in [3.8, 4) is 5.95 Å². The molecule has 0 aromatic carbocycles. The summed E-state index contributed by atoms with van der Waals surface area (Å²) < 4.78 is 1.69. The van der Waals surface area contributed by atoms with Gasteiger partial charge in [-0.1, -0.05) is 6.92 Å². The number of anilines is 1. The molecule has 0 unspecified atom stereocenters. The van der Waals surface area contributed by atoms with Gasteiger partial charge < -0.3 is 5.32 Å². The van der Waals surface area contributed by atoms with Crippen LogP contribution in [0.4, 0.5) is 5.69 Å². The molecule has 0 atom stereocenters. The second-order valence-corrected chi connectivity index (χ2v) is 3.54. The van der Waals surface area contributed by atoms with E-state index in [0.717, 1.165) is 6.42 Å². The Bertz CT molecular complexity index is 477. The largest absolute Gasteiger partial charge is 0.323 e. The molecule has 0 bridgehead atoms. The van der Waals surface area contributed by atoms with E-state index in [1.165, 1.54) is 0 Å². The van der Waals surface area contributed by atoms with Crippen LogP contribution >= 0.6 is 0 Å². The van der Waals surface area contributed by atoms with Gasteiger partial charge >= 0.3 is 0 Å². The van der Waals surface area contributed by atoms with Crippen LogP contribution in [0.15, 0.2) is 31.1 Å². The van der Waals surface area contributed by atoms with Crippen molar-refractivity contribution in [2.75, 3.05) is 5.32 Å². The molecule has 0 spiro atoms. The van der Waals surface area contributed by atoms with Crippen molar-refractivity contribution < 1.29 is 4.79 Å². The maximum Gasteiger partial charge on any atom is 0.234 e. The van der Waals surface area contributed by atoms with Crippen LogP contribution in [0.2, 0.25) is 0 Å². The van der Waals surface area contributed by atoms with Crippen molar-refractivity contribution in [2.24, 2.45) is 0 Å². The normalized spacial score (nSPS) is 10.2. The minimum atomic E-state index is -0.0218. The molecular weight excluding hydrogens is 218 g/mol. The molecular formula is C11H13N5O. The van der Waals surface area contributed by atoms with Gasteiger partial charge in [-0.25, -0.2) is 15.0 Å². The molecule has 0 aliphatic carbocycles. The lowest BCUT2D eigenvalue weighted by Crippen LogP contribution is -2.11. The van der Waals surface area contributed by atoms with E-state index in [-0.39, 0.29) is 5.91 Å². The first-order chi connectivity index (χ1) is 8.29. The molecule has 0 radical (unpaired) electrons. The number of nitrogens with zero attached hydrogens (tertiary/aromatic N) is 4. The number of amides is 1. The predicted molar refractivity (Wildman–Crippen MR) is 62.7 cm³/mol. The number of imidazole rings is 1. The lowest BCUT2D eigenvalue weighted by Gasteiger charge is -2.04. The zero-order valence-corrected chi connectivity index (χ0v) is 9.50. The van der Waals surface area contributed by atoms with Crippen LogP contribution in [-0.4, -0.2) is 25.4 Å². The first-order valence-electron chi connectivity index (χ1n) is 5.40. The number of nitrogens with one attached hydrogen (secondary N) is 1. The van der Waals surface area contributed by atoms with Crippen molar-refractivity contribution in [3.63, 3.8) is 0 Å². The topological polar surface area (TPSA) is 72.7 Å². The second-order valence-electron chi connectivity index (χ2n) is 3.54. The number of aromatic nitrogens is 4. The second kappa shape index (κ2) is 5.20. The Hall–Kier alpha value is -2.24. The van der Waals surface area contributed by atoms with Gasteiger partial charge in [0.1, 0.15) is 6.33 Å². The van der Waals surface area contributed by atoms with Crippen LogP contribution in [0, 0.1) is 0 Å². The molecule has 2 rings (SSSR count). The molecule has 0 fully saturated rings. The van der Waals surface area contributed by atoms with Gasteiger partial charge in [-0.15, -0.1) is 0 Å². The van der Waals surface area contributed by atoms with E-state index in [2.05, 4.69) is 20.3 Å². The highest BCUT2D eigenvalue weighted by Gasteiger charge is 2.03. The Morgan fingerprint density at radius 2 is 2.18 bits per heavy atom. The minimum Gasteiger partial charge on any atom is -0.323 e. The predicted octanol–water partition coefficient (Wildman–Crippen LogP) is 1.40.